The second-order valence-corrected chi connectivity index (χ2v) is 31.2. The molecule has 1 amide bonds. The quantitative estimate of drug-likeness (QED) is 0.225. The SMILES string of the molecule is CCC[CH2][Sn]([CH2]CCC)([CH2]CCC)[CH2]C1CN(C(=O)OC(C)(C)C)C/C1=C/[Si](C)(C)C. The van der Waals surface area contributed by atoms with Crippen molar-refractivity contribution in [2.24, 2.45) is 5.92 Å². The molecular formula is C26H53NO2SiSn. The van der Waals surface area contributed by atoms with Crippen molar-refractivity contribution in [1.29, 1.82) is 0 Å². The molecule has 0 aromatic rings. The maximum absolute atomic E-state index is 12.9. The van der Waals surface area contributed by atoms with Crippen LogP contribution in [0.1, 0.15) is 80.1 Å². The topological polar surface area (TPSA) is 29.5 Å². The van der Waals surface area contributed by atoms with Crippen LogP contribution < -0.4 is 0 Å². The van der Waals surface area contributed by atoms with Crippen molar-refractivity contribution < 1.29 is 9.53 Å². The Bertz CT molecular complexity index is 555. The van der Waals surface area contributed by atoms with E-state index in [4.69, 9.17) is 4.74 Å². The molecule has 1 aliphatic rings. The third-order valence-electron chi connectivity index (χ3n) is 6.47. The minimum absolute atomic E-state index is 0.118. The molecule has 3 nitrogen and oxygen atoms in total. The van der Waals surface area contributed by atoms with Crippen molar-refractivity contribution in [2.75, 3.05) is 13.1 Å². The summed E-state index contributed by atoms with van der Waals surface area (Å²) in [5.74, 6) is 0.584. The summed E-state index contributed by atoms with van der Waals surface area (Å²) in [5.41, 5.74) is 3.75. The molecule has 1 aliphatic heterocycles. The molecule has 0 aromatic carbocycles. The number of nitrogens with zero attached hydrogens (tertiary/aromatic N) is 1. The van der Waals surface area contributed by atoms with E-state index in [0.717, 1.165) is 13.1 Å². The van der Waals surface area contributed by atoms with Gasteiger partial charge in [0, 0.05) is 0 Å². The first kappa shape index (κ1) is 29.1. The third-order valence-corrected chi connectivity index (χ3v) is 23.7. The molecule has 0 spiro atoms. The Kier molecular flexibility index (Phi) is 12.2. The number of hydrogen-bond acceptors (Lipinski definition) is 2. The van der Waals surface area contributed by atoms with Crippen molar-refractivity contribution in [3.05, 3.63) is 11.3 Å². The average Bonchev–Trinajstić information content (AvgIpc) is 3.02. The summed E-state index contributed by atoms with van der Waals surface area (Å²) >= 11 is -2.27. The molecule has 0 bridgehead atoms. The third kappa shape index (κ3) is 11.1. The summed E-state index contributed by atoms with van der Waals surface area (Å²) in [5, 5.41) is 0. The van der Waals surface area contributed by atoms with Crippen LogP contribution in [-0.2, 0) is 4.74 Å². The average molecular weight is 559 g/mol. The molecule has 1 fully saturated rings. The van der Waals surface area contributed by atoms with Crippen molar-refractivity contribution >= 4 is 32.5 Å². The van der Waals surface area contributed by atoms with Crippen LogP contribution in [0.3, 0.4) is 0 Å². The zero-order valence-corrected chi connectivity index (χ0v) is 26.3. The number of unbranched alkanes of at least 4 members (excludes halogenated alkanes) is 3. The zero-order valence-electron chi connectivity index (χ0n) is 22.4. The Morgan fingerprint density at radius 3 is 1.90 bits per heavy atom. The molecule has 5 heteroatoms. The summed E-state index contributed by atoms with van der Waals surface area (Å²) in [6, 6.07) is 0. The standard InChI is InChI=1S/C14H26NO2Si.3C4H9.Sn/c1-11-8-15(13(16)17-14(2,3)4)9-12(11)10-18(5,6)7;3*1-3-4-2;/h10-11H,1,8-9H2,2-7H3;3*1,3-4H2,2H3;/b12-10-;;;;. The molecule has 1 atom stereocenters. The number of ether oxygens (including phenoxy) is 1. The summed E-state index contributed by atoms with van der Waals surface area (Å²) in [4.78, 5) is 14.9. The molecule has 0 saturated carbocycles. The van der Waals surface area contributed by atoms with Gasteiger partial charge in [-0.1, -0.05) is 0 Å². The first-order valence-corrected chi connectivity index (χ1v) is 24.7. The molecule has 1 saturated heterocycles. The Labute approximate surface area is 199 Å². The number of amides is 1. The number of rotatable bonds is 12. The minimum atomic E-state index is -2.27. The number of carbonyl (C=O) groups excluding carboxylic acids is 1. The van der Waals surface area contributed by atoms with Crippen LogP contribution in [0, 0.1) is 5.92 Å². The van der Waals surface area contributed by atoms with Crippen molar-refractivity contribution in [1.82, 2.24) is 4.90 Å². The zero-order chi connectivity index (χ0) is 23.7. The van der Waals surface area contributed by atoms with Crippen molar-refractivity contribution in [3.8, 4) is 0 Å². The van der Waals surface area contributed by atoms with Gasteiger partial charge in [-0.3, -0.25) is 0 Å². The molecule has 182 valence electrons. The van der Waals surface area contributed by atoms with Gasteiger partial charge in [0.1, 0.15) is 0 Å². The van der Waals surface area contributed by atoms with Crippen molar-refractivity contribution in [2.45, 2.75) is 123 Å². The summed E-state index contributed by atoms with van der Waals surface area (Å²) < 4.78 is 11.9. The fourth-order valence-corrected chi connectivity index (χ4v) is 23.9. The Balaban J connectivity index is 3.18. The normalized spacial score (nSPS) is 19.3. The molecule has 0 N–H and O–H groups in total. The van der Waals surface area contributed by atoms with Gasteiger partial charge in [0.15, 0.2) is 0 Å². The van der Waals surface area contributed by atoms with E-state index in [1.807, 2.05) is 25.7 Å². The van der Waals surface area contributed by atoms with E-state index >= 15 is 0 Å². The van der Waals surface area contributed by atoms with E-state index < -0.39 is 32.1 Å². The van der Waals surface area contributed by atoms with Gasteiger partial charge in [0.2, 0.25) is 0 Å². The van der Waals surface area contributed by atoms with Gasteiger partial charge < -0.3 is 0 Å². The molecule has 0 aliphatic carbocycles. The van der Waals surface area contributed by atoms with Gasteiger partial charge in [-0.05, 0) is 0 Å². The van der Waals surface area contributed by atoms with E-state index in [1.165, 1.54) is 43.0 Å². The Hall–Kier alpha value is 0.0256. The Morgan fingerprint density at radius 2 is 1.52 bits per heavy atom. The first-order chi connectivity index (χ1) is 14.3. The fourth-order valence-electron chi connectivity index (χ4n) is 5.04. The van der Waals surface area contributed by atoms with Gasteiger partial charge in [-0.25, -0.2) is 0 Å². The van der Waals surface area contributed by atoms with Gasteiger partial charge >= 0.3 is 200 Å². The van der Waals surface area contributed by atoms with Crippen LogP contribution in [0.2, 0.25) is 37.4 Å². The maximum atomic E-state index is 12.9. The molecule has 1 unspecified atom stereocenters. The fraction of sp³-hybridized carbons (Fsp3) is 0.885. The number of carbonyl (C=O) groups is 1. The van der Waals surface area contributed by atoms with E-state index in [1.54, 1.807) is 18.9 Å². The van der Waals surface area contributed by atoms with Crippen LogP contribution in [0.15, 0.2) is 11.3 Å². The van der Waals surface area contributed by atoms with E-state index in [2.05, 4.69) is 46.1 Å². The van der Waals surface area contributed by atoms with E-state index in [9.17, 15) is 4.79 Å². The molecule has 1 heterocycles. The summed E-state index contributed by atoms with van der Waals surface area (Å²) in [7, 11) is -1.34. The summed E-state index contributed by atoms with van der Waals surface area (Å²) in [6.07, 6.45) is 8.10. The van der Waals surface area contributed by atoms with Crippen LogP contribution in [0.5, 0.6) is 0 Å². The number of likely N-dealkylation sites (tertiary alicyclic amines) is 1. The Morgan fingerprint density at radius 1 is 1.03 bits per heavy atom. The van der Waals surface area contributed by atoms with Gasteiger partial charge in [0.25, 0.3) is 0 Å². The van der Waals surface area contributed by atoms with Gasteiger partial charge in [-0.15, -0.1) is 0 Å². The van der Waals surface area contributed by atoms with Crippen LogP contribution in [0.25, 0.3) is 0 Å². The molecule has 31 heavy (non-hydrogen) atoms. The monoisotopic (exact) mass is 559 g/mol. The first-order valence-electron chi connectivity index (χ1n) is 13.0. The molecule has 1 rings (SSSR count). The second kappa shape index (κ2) is 13.1. The van der Waals surface area contributed by atoms with Crippen LogP contribution >= 0.6 is 0 Å². The predicted molar refractivity (Wildman–Crippen MR) is 142 cm³/mol. The van der Waals surface area contributed by atoms with Gasteiger partial charge in [-0.2, -0.15) is 0 Å². The van der Waals surface area contributed by atoms with E-state index in [0.29, 0.717) is 5.92 Å². The predicted octanol–water partition coefficient (Wildman–Crippen LogP) is 8.51. The van der Waals surface area contributed by atoms with E-state index in [-0.39, 0.29) is 6.09 Å². The second-order valence-electron chi connectivity index (χ2n) is 12.2. The van der Waals surface area contributed by atoms with Crippen LogP contribution in [-0.4, -0.2) is 56.1 Å². The van der Waals surface area contributed by atoms with Crippen molar-refractivity contribution in [3.63, 3.8) is 0 Å². The molecule has 0 aromatic heterocycles. The number of hydrogen-bond donors (Lipinski definition) is 0. The van der Waals surface area contributed by atoms with Gasteiger partial charge in [0.05, 0.1) is 0 Å². The van der Waals surface area contributed by atoms with Crippen LogP contribution in [0.4, 0.5) is 4.79 Å². The molecule has 0 radical (unpaired) electrons. The molecular weight excluding hydrogens is 505 g/mol. The summed E-state index contributed by atoms with van der Waals surface area (Å²) in [6.45, 7) is 21.9.